The van der Waals surface area contributed by atoms with Crippen LogP contribution < -0.4 is 0 Å². The van der Waals surface area contributed by atoms with Gasteiger partial charge in [-0.05, 0) is 32.1 Å². The summed E-state index contributed by atoms with van der Waals surface area (Å²) < 4.78 is 25.7. The second-order valence-electron chi connectivity index (χ2n) is 4.86. The fourth-order valence-corrected chi connectivity index (χ4v) is 4.32. The Labute approximate surface area is 109 Å². The second-order valence-corrected chi connectivity index (χ2v) is 6.90. The van der Waals surface area contributed by atoms with E-state index in [1.54, 1.807) is 4.31 Å². The number of carbonyl (C=O) groups is 1. The number of rotatable bonds is 8. The molecule has 1 atom stereocenters. The van der Waals surface area contributed by atoms with Gasteiger partial charge < -0.3 is 5.11 Å². The summed E-state index contributed by atoms with van der Waals surface area (Å²) in [7, 11) is -3.10. The van der Waals surface area contributed by atoms with Gasteiger partial charge in [-0.1, -0.05) is 13.3 Å². The van der Waals surface area contributed by atoms with Crippen molar-refractivity contribution in [3.63, 3.8) is 0 Å². The highest BCUT2D eigenvalue weighted by atomic mass is 32.2. The predicted molar refractivity (Wildman–Crippen MR) is 69.9 cm³/mol. The van der Waals surface area contributed by atoms with E-state index < -0.39 is 16.0 Å². The summed E-state index contributed by atoms with van der Waals surface area (Å²) in [5.41, 5.74) is 0. The molecule has 1 aliphatic heterocycles. The summed E-state index contributed by atoms with van der Waals surface area (Å²) in [6.45, 7) is 2.50. The third-order valence-electron chi connectivity index (χ3n) is 3.32. The predicted octanol–water partition coefficient (Wildman–Crippen LogP) is 1.84. The van der Waals surface area contributed by atoms with Crippen LogP contribution in [0.1, 0.15) is 51.9 Å². The van der Waals surface area contributed by atoms with E-state index in [4.69, 9.17) is 5.11 Å². The van der Waals surface area contributed by atoms with Crippen LogP contribution in [0, 0.1) is 0 Å². The number of nitrogens with zero attached hydrogens (tertiary/aromatic N) is 1. The topological polar surface area (TPSA) is 74.7 Å². The lowest BCUT2D eigenvalue weighted by Crippen LogP contribution is -2.37. The lowest BCUT2D eigenvalue weighted by Gasteiger charge is -2.23. The number of carboxylic acid groups (broad SMARTS) is 1. The van der Waals surface area contributed by atoms with Gasteiger partial charge in [-0.3, -0.25) is 4.79 Å². The average molecular weight is 277 g/mol. The molecule has 1 N–H and O–H groups in total. The second kappa shape index (κ2) is 7.09. The molecule has 0 bridgehead atoms. The van der Waals surface area contributed by atoms with Crippen molar-refractivity contribution >= 4 is 16.0 Å². The Balaban J connectivity index is 2.42. The van der Waals surface area contributed by atoms with Crippen molar-refractivity contribution in [2.75, 3.05) is 12.3 Å². The first-order chi connectivity index (χ1) is 8.47. The third-order valence-corrected chi connectivity index (χ3v) is 5.44. The molecule has 0 aromatic heterocycles. The molecule has 1 heterocycles. The molecule has 1 fully saturated rings. The maximum Gasteiger partial charge on any atom is 0.303 e. The Morgan fingerprint density at radius 3 is 2.72 bits per heavy atom. The van der Waals surface area contributed by atoms with Crippen LogP contribution in [0.25, 0.3) is 0 Å². The molecule has 0 aromatic carbocycles. The van der Waals surface area contributed by atoms with Gasteiger partial charge in [-0.15, -0.1) is 0 Å². The van der Waals surface area contributed by atoms with Crippen molar-refractivity contribution in [3.05, 3.63) is 0 Å². The highest BCUT2D eigenvalue weighted by Crippen LogP contribution is 2.25. The van der Waals surface area contributed by atoms with Crippen LogP contribution in [0.2, 0.25) is 0 Å². The van der Waals surface area contributed by atoms with Crippen molar-refractivity contribution in [1.29, 1.82) is 0 Å². The van der Waals surface area contributed by atoms with E-state index in [1.807, 2.05) is 6.92 Å². The van der Waals surface area contributed by atoms with Crippen LogP contribution in [0.5, 0.6) is 0 Å². The first-order valence-electron chi connectivity index (χ1n) is 6.68. The lowest BCUT2D eigenvalue weighted by molar-refractivity contribution is -0.137. The van der Waals surface area contributed by atoms with Gasteiger partial charge >= 0.3 is 5.97 Å². The zero-order chi connectivity index (χ0) is 13.6. The molecule has 0 radical (unpaired) electrons. The Morgan fingerprint density at radius 2 is 2.11 bits per heavy atom. The molecule has 5 nitrogen and oxygen atoms in total. The lowest BCUT2D eigenvalue weighted by atomic mass is 10.1. The van der Waals surface area contributed by atoms with E-state index in [0.717, 1.165) is 25.7 Å². The number of hydrogen-bond donors (Lipinski definition) is 1. The van der Waals surface area contributed by atoms with Crippen molar-refractivity contribution < 1.29 is 18.3 Å². The quantitative estimate of drug-likeness (QED) is 0.687. The molecule has 106 valence electrons. The number of carboxylic acids is 1. The van der Waals surface area contributed by atoms with Gasteiger partial charge in [-0.2, -0.15) is 4.31 Å². The summed E-state index contributed by atoms with van der Waals surface area (Å²) >= 11 is 0. The molecular formula is C12H23NO4S. The van der Waals surface area contributed by atoms with Crippen LogP contribution >= 0.6 is 0 Å². The van der Waals surface area contributed by atoms with Crippen LogP contribution in [-0.2, 0) is 14.8 Å². The van der Waals surface area contributed by atoms with Crippen molar-refractivity contribution in [2.45, 2.75) is 57.9 Å². The van der Waals surface area contributed by atoms with E-state index in [9.17, 15) is 13.2 Å². The number of unbranched alkanes of at least 4 members (excludes halogenated alkanes) is 1. The largest absolute Gasteiger partial charge is 0.481 e. The van der Waals surface area contributed by atoms with Gasteiger partial charge in [0.15, 0.2) is 0 Å². The van der Waals surface area contributed by atoms with E-state index in [-0.39, 0.29) is 18.2 Å². The fourth-order valence-electron chi connectivity index (χ4n) is 2.50. The first kappa shape index (κ1) is 15.4. The van der Waals surface area contributed by atoms with Gasteiger partial charge in [0, 0.05) is 19.0 Å². The van der Waals surface area contributed by atoms with Crippen molar-refractivity contribution in [3.8, 4) is 0 Å². The van der Waals surface area contributed by atoms with E-state index in [0.29, 0.717) is 19.4 Å². The Bertz CT molecular complexity index is 366. The molecule has 0 aliphatic carbocycles. The molecule has 18 heavy (non-hydrogen) atoms. The minimum atomic E-state index is -3.10. The van der Waals surface area contributed by atoms with Gasteiger partial charge in [0.1, 0.15) is 0 Å². The maximum atomic E-state index is 12.0. The minimum Gasteiger partial charge on any atom is -0.481 e. The first-order valence-corrected chi connectivity index (χ1v) is 8.29. The molecule has 0 saturated carbocycles. The Kier molecular flexibility index (Phi) is 6.08. The molecule has 1 saturated heterocycles. The Hall–Kier alpha value is -0.620. The SMILES string of the molecule is CCCS(=O)(=O)N1CCCC1CCCCC(=O)O. The van der Waals surface area contributed by atoms with E-state index in [2.05, 4.69) is 0 Å². The molecule has 1 aliphatic rings. The Morgan fingerprint density at radius 1 is 1.39 bits per heavy atom. The minimum absolute atomic E-state index is 0.0929. The molecule has 1 unspecified atom stereocenters. The maximum absolute atomic E-state index is 12.0. The number of sulfonamides is 1. The standard InChI is InChI=1S/C12H23NO4S/c1-2-10-18(16,17)13-9-5-7-11(13)6-3-4-8-12(14)15/h11H,2-10H2,1H3,(H,14,15). The normalized spacial score (nSPS) is 21.3. The fraction of sp³-hybridized carbons (Fsp3) is 0.917. The monoisotopic (exact) mass is 277 g/mol. The van der Waals surface area contributed by atoms with Gasteiger partial charge in [0.05, 0.1) is 5.75 Å². The zero-order valence-electron chi connectivity index (χ0n) is 11.0. The van der Waals surface area contributed by atoms with Gasteiger partial charge in [0.2, 0.25) is 10.0 Å². The summed E-state index contributed by atoms with van der Waals surface area (Å²) in [5, 5.41) is 8.55. The number of aliphatic carboxylic acids is 1. The van der Waals surface area contributed by atoms with Crippen LogP contribution in [-0.4, -0.2) is 42.1 Å². The summed E-state index contributed by atoms with van der Waals surface area (Å²) in [6, 6.07) is 0.0929. The van der Waals surface area contributed by atoms with Crippen LogP contribution in [0.15, 0.2) is 0 Å². The molecule has 0 amide bonds. The summed E-state index contributed by atoms with van der Waals surface area (Å²) in [6.07, 6.45) is 4.86. The molecule has 0 aromatic rings. The summed E-state index contributed by atoms with van der Waals surface area (Å²) in [4.78, 5) is 10.4. The average Bonchev–Trinajstić information content (AvgIpc) is 2.73. The smallest absolute Gasteiger partial charge is 0.303 e. The highest BCUT2D eigenvalue weighted by molar-refractivity contribution is 7.89. The molecule has 6 heteroatoms. The molecule has 0 spiro atoms. The van der Waals surface area contributed by atoms with Gasteiger partial charge in [-0.25, -0.2) is 8.42 Å². The molecule has 1 rings (SSSR count). The molecular weight excluding hydrogens is 254 g/mol. The zero-order valence-corrected chi connectivity index (χ0v) is 11.8. The van der Waals surface area contributed by atoms with Crippen molar-refractivity contribution in [2.24, 2.45) is 0 Å². The third kappa shape index (κ3) is 4.57. The highest BCUT2D eigenvalue weighted by Gasteiger charge is 2.32. The summed E-state index contributed by atoms with van der Waals surface area (Å²) in [5.74, 6) is -0.560. The van der Waals surface area contributed by atoms with Crippen LogP contribution in [0.3, 0.4) is 0 Å². The van der Waals surface area contributed by atoms with Crippen LogP contribution in [0.4, 0.5) is 0 Å². The van der Waals surface area contributed by atoms with Crippen molar-refractivity contribution in [1.82, 2.24) is 4.31 Å². The number of hydrogen-bond acceptors (Lipinski definition) is 3. The van der Waals surface area contributed by atoms with E-state index in [1.165, 1.54) is 0 Å². The van der Waals surface area contributed by atoms with E-state index >= 15 is 0 Å². The van der Waals surface area contributed by atoms with Gasteiger partial charge in [0.25, 0.3) is 0 Å².